The number of aliphatic hydroxyl groups excluding tert-OH is 1. The van der Waals surface area contributed by atoms with Crippen LogP contribution in [0.25, 0.3) is 0 Å². The van der Waals surface area contributed by atoms with Crippen LogP contribution in [-0.4, -0.2) is 28.1 Å². The second kappa shape index (κ2) is 5.84. The zero-order chi connectivity index (χ0) is 13.0. The number of nitrogens with zero attached hydrogens (tertiary/aromatic N) is 3. The molecule has 0 saturated carbocycles. The van der Waals surface area contributed by atoms with E-state index in [1.54, 1.807) is 24.9 Å². The molecule has 1 unspecified atom stereocenters. The fraction of sp³-hybridized carbons (Fsp3) is 0.455. The SMILES string of the molecule is CCn1cc(C(O)C(C=NC)=C(C)N)c(Cl)n1. The minimum Gasteiger partial charge on any atom is -0.402 e. The van der Waals surface area contributed by atoms with Crippen LogP contribution in [0.3, 0.4) is 0 Å². The highest BCUT2D eigenvalue weighted by Gasteiger charge is 2.19. The van der Waals surface area contributed by atoms with E-state index < -0.39 is 6.10 Å². The maximum Gasteiger partial charge on any atom is 0.157 e. The molecule has 0 aromatic carbocycles. The molecule has 0 saturated heterocycles. The zero-order valence-corrected chi connectivity index (χ0v) is 10.9. The predicted molar refractivity (Wildman–Crippen MR) is 69.2 cm³/mol. The van der Waals surface area contributed by atoms with E-state index in [0.29, 0.717) is 23.4 Å². The molecule has 94 valence electrons. The summed E-state index contributed by atoms with van der Waals surface area (Å²) in [5.74, 6) is 0. The summed E-state index contributed by atoms with van der Waals surface area (Å²) in [6.45, 7) is 4.34. The molecule has 5 nitrogen and oxygen atoms in total. The smallest absolute Gasteiger partial charge is 0.157 e. The Labute approximate surface area is 106 Å². The molecular weight excluding hydrogens is 240 g/mol. The van der Waals surface area contributed by atoms with E-state index in [-0.39, 0.29) is 5.15 Å². The van der Waals surface area contributed by atoms with Crippen molar-refractivity contribution in [1.82, 2.24) is 9.78 Å². The molecule has 1 atom stereocenters. The molecule has 0 aliphatic carbocycles. The summed E-state index contributed by atoms with van der Waals surface area (Å²) in [5.41, 5.74) is 7.28. The van der Waals surface area contributed by atoms with Crippen LogP contribution in [-0.2, 0) is 6.54 Å². The number of halogens is 1. The number of aromatic nitrogens is 2. The standard InChI is InChI=1S/C11H17ClN4O/c1-4-16-6-9(11(12)15-16)10(17)8(5-14-3)7(2)13/h5-6,10,17H,4,13H2,1-3H3. The molecule has 1 heterocycles. The summed E-state index contributed by atoms with van der Waals surface area (Å²) in [7, 11) is 1.62. The molecule has 17 heavy (non-hydrogen) atoms. The van der Waals surface area contributed by atoms with Gasteiger partial charge in [0.1, 0.15) is 6.10 Å². The minimum absolute atomic E-state index is 0.280. The molecule has 6 heteroatoms. The number of nitrogens with two attached hydrogens (primary N) is 1. The highest BCUT2D eigenvalue weighted by Crippen LogP contribution is 2.27. The van der Waals surface area contributed by atoms with Crippen molar-refractivity contribution in [3.63, 3.8) is 0 Å². The zero-order valence-electron chi connectivity index (χ0n) is 10.2. The Bertz CT molecular complexity index is 446. The Kier molecular flexibility index (Phi) is 4.72. The normalized spacial score (nSPS) is 15.1. The Morgan fingerprint density at radius 1 is 1.76 bits per heavy atom. The summed E-state index contributed by atoms with van der Waals surface area (Å²) in [5, 5.41) is 14.6. The van der Waals surface area contributed by atoms with Gasteiger partial charge in [-0.05, 0) is 13.8 Å². The number of hydrogen-bond donors (Lipinski definition) is 2. The lowest BCUT2D eigenvalue weighted by atomic mass is 10.0. The summed E-state index contributed by atoms with van der Waals surface area (Å²) in [4.78, 5) is 3.87. The fourth-order valence-corrected chi connectivity index (χ4v) is 1.70. The van der Waals surface area contributed by atoms with E-state index in [4.69, 9.17) is 17.3 Å². The maximum absolute atomic E-state index is 10.2. The molecule has 3 N–H and O–H groups in total. The molecule has 0 aliphatic rings. The van der Waals surface area contributed by atoms with Crippen molar-refractivity contribution in [1.29, 1.82) is 0 Å². The van der Waals surface area contributed by atoms with E-state index in [0.717, 1.165) is 0 Å². The molecular formula is C11H17ClN4O. The number of aryl methyl sites for hydroxylation is 1. The van der Waals surface area contributed by atoms with Gasteiger partial charge in [0.2, 0.25) is 0 Å². The highest BCUT2D eigenvalue weighted by atomic mass is 35.5. The van der Waals surface area contributed by atoms with E-state index in [1.165, 1.54) is 6.21 Å². The Balaban J connectivity index is 3.14. The maximum atomic E-state index is 10.2. The second-order valence-electron chi connectivity index (χ2n) is 3.66. The quantitative estimate of drug-likeness (QED) is 0.802. The average Bonchev–Trinajstić information content (AvgIpc) is 2.66. The van der Waals surface area contributed by atoms with E-state index in [2.05, 4.69) is 10.1 Å². The molecule has 0 amide bonds. The largest absolute Gasteiger partial charge is 0.402 e. The number of aliphatic imine (C=N–C) groups is 1. The van der Waals surface area contributed by atoms with Gasteiger partial charge in [0.15, 0.2) is 5.15 Å². The monoisotopic (exact) mass is 256 g/mol. The Morgan fingerprint density at radius 2 is 2.41 bits per heavy atom. The number of aliphatic hydroxyl groups is 1. The topological polar surface area (TPSA) is 76.4 Å². The molecule has 1 rings (SSSR count). The third kappa shape index (κ3) is 3.08. The molecule has 1 aromatic heterocycles. The van der Waals surface area contributed by atoms with Crippen molar-refractivity contribution < 1.29 is 5.11 Å². The molecule has 0 fully saturated rings. The van der Waals surface area contributed by atoms with Gasteiger partial charge < -0.3 is 10.8 Å². The van der Waals surface area contributed by atoms with Gasteiger partial charge in [-0.2, -0.15) is 5.10 Å². The van der Waals surface area contributed by atoms with Gasteiger partial charge in [-0.1, -0.05) is 11.6 Å². The Hall–Kier alpha value is -1.33. The van der Waals surface area contributed by atoms with Gasteiger partial charge in [0, 0.05) is 42.8 Å². The van der Waals surface area contributed by atoms with Gasteiger partial charge in [-0.15, -0.1) is 0 Å². The summed E-state index contributed by atoms with van der Waals surface area (Å²) in [6, 6.07) is 0. The summed E-state index contributed by atoms with van der Waals surface area (Å²) >= 11 is 5.97. The number of allylic oxidation sites excluding steroid dienone is 1. The molecule has 1 aromatic rings. The van der Waals surface area contributed by atoms with Gasteiger partial charge in [0.05, 0.1) is 0 Å². The second-order valence-corrected chi connectivity index (χ2v) is 4.02. The van der Waals surface area contributed by atoms with Crippen LogP contribution < -0.4 is 5.73 Å². The average molecular weight is 257 g/mol. The van der Waals surface area contributed by atoms with Crippen LogP contribution in [0.1, 0.15) is 25.5 Å². The third-order valence-electron chi connectivity index (χ3n) is 2.38. The van der Waals surface area contributed by atoms with E-state index in [9.17, 15) is 5.11 Å². The predicted octanol–water partition coefficient (Wildman–Crippen LogP) is 1.52. The van der Waals surface area contributed by atoms with Crippen molar-refractivity contribution in [2.24, 2.45) is 10.7 Å². The van der Waals surface area contributed by atoms with Crippen LogP contribution >= 0.6 is 11.6 Å². The van der Waals surface area contributed by atoms with Crippen LogP contribution in [0.5, 0.6) is 0 Å². The first-order valence-corrected chi connectivity index (χ1v) is 5.68. The van der Waals surface area contributed by atoms with E-state index >= 15 is 0 Å². The highest BCUT2D eigenvalue weighted by molar-refractivity contribution is 6.30. The van der Waals surface area contributed by atoms with Crippen molar-refractivity contribution in [3.05, 3.63) is 28.2 Å². The summed E-state index contributed by atoms with van der Waals surface area (Å²) in [6.07, 6.45) is 2.33. The minimum atomic E-state index is -0.906. The van der Waals surface area contributed by atoms with Crippen molar-refractivity contribution in [2.45, 2.75) is 26.5 Å². The summed E-state index contributed by atoms with van der Waals surface area (Å²) < 4.78 is 1.66. The van der Waals surface area contributed by atoms with Crippen molar-refractivity contribution >= 4 is 17.8 Å². The first-order chi connectivity index (χ1) is 8.01. The van der Waals surface area contributed by atoms with Gasteiger partial charge in [-0.3, -0.25) is 9.67 Å². The first kappa shape index (κ1) is 13.7. The van der Waals surface area contributed by atoms with Crippen molar-refractivity contribution in [3.8, 4) is 0 Å². The first-order valence-electron chi connectivity index (χ1n) is 5.30. The molecule has 0 bridgehead atoms. The van der Waals surface area contributed by atoms with Gasteiger partial charge in [0.25, 0.3) is 0 Å². The van der Waals surface area contributed by atoms with Gasteiger partial charge in [-0.25, -0.2) is 0 Å². The van der Waals surface area contributed by atoms with Crippen LogP contribution in [0, 0.1) is 0 Å². The van der Waals surface area contributed by atoms with Gasteiger partial charge >= 0.3 is 0 Å². The lowest BCUT2D eigenvalue weighted by Gasteiger charge is -2.11. The lowest BCUT2D eigenvalue weighted by molar-refractivity contribution is 0.221. The van der Waals surface area contributed by atoms with Crippen LogP contribution in [0.2, 0.25) is 5.15 Å². The molecule has 0 radical (unpaired) electrons. The lowest BCUT2D eigenvalue weighted by Crippen LogP contribution is -2.09. The third-order valence-corrected chi connectivity index (χ3v) is 2.67. The molecule has 0 aliphatic heterocycles. The van der Waals surface area contributed by atoms with E-state index in [1.807, 2.05) is 6.92 Å². The van der Waals surface area contributed by atoms with Crippen LogP contribution in [0.15, 0.2) is 22.5 Å². The molecule has 0 spiro atoms. The van der Waals surface area contributed by atoms with Crippen LogP contribution in [0.4, 0.5) is 0 Å². The van der Waals surface area contributed by atoms with Crippen molar-refractivity contribution in [2.75, 3.05) is 7.05 Å². The number of rotatable bonds is 4. The number of hydrogen-bond acceptors (Lipinski definition) is 4. The Morgan fingerprint density at radius 3 is 2.82 bits per heavy atom. The fourth-order valence-electron chi connectivity index (χ4n) is 1.45.